The zero-order valence-corrected chi connectivity index (χ0v) is 12.7. The van der Waals surface area contributed by atoms with Crippen LogP contribution in [0.1, 0.15) is 51.1 Å². The third kappa shape index (κ3) is 3.50. The van der Waals surface area contributed by atoms with E-state index in [1.807, 2.05) is 24.3 Å². The Morgan fingerprint density at radius 3 is 2.79 bits per heavy atom. The van der Waals surface area contributed by atoms with Crippen molar-refractivity contribution in [2.45, 2.75) is 57.7 Å². The van der Waals surface area contributed by atoms with E-state index in [0.717, 1.165) is 29.6 Å². The SMILES string of the molecule is CCC1CCC(C)N1CCC(N)c1ccccc1Cl. The molecule has 3 atom stereocenters. The van der Waals surface area contributed by atoms with E-state index in [0.29, 0.717) is 6.04 Å². The van der Waals surface area contributed by atoms with Gasteiger partial charge in [-0.05, 0) is 44.2 Å². The van der Waals surface area contributed by atoms with Gasteiger partial charge in [0.2, 0.25) is 0 Å². The van der Waals surface area contributed by atoms with Gasteiger partial charge in [-0.3, -0.25) is 4.90 Å². The van der Waals surface area contributed by atoms with Crippen LogP contribution in [0, 0.1) is 0 Å². The highest BCUT2D eigenvalue weighted by atomic mass is 35.5. The first kappa shape index (κ1) is 14.8. The van der Waals surface area contributed by atoms with Gasteiger partial charge in [0.15, 0.2) is 0 Å². The molecule has 106 valence electrons. The number of hydrogen-bond donors (Lipinski definition) is 1. The summed E-state index contributed by atoms with van der Waals surface area (Å²) in [7, 11) is 0. The molecule has 1 aliphatic rings. The Morgan fingerprint density at radius 1 is 1.37 bits per heavy atom. The number of rotatable bonds is 5. The van der Waals surface area contributed by atoms with Gasteiger partial charge >= 0.3 is 0 Å². The summed E-state index contributed by atoms with van der Waals surface area (Å²) in [6.07, 6.45) is 4.87. The lowest BCUT2D eigenvalue weighted by atomic mass is 10.0. The molecular weight excluding hydrogens is 256 g/mol. The molecule has 1 aliphatic heterocycles. The third-order valence-corrected chi connectivity index (χ3v) is 4.77. The Morgan fingerprint density at radius 2 is 2.11 bits per heavy atom. The van der Waals surface area contributed by atoms with Crippen molar-refractivity contribution in [3.63, 3.8) is 0 Å². The second kappa shape index (κ2) is 6.74. The fraction of sp³-hybridized carbons (Fsp3) is 0.625. The van der Waals surface area contributed by atoms with Gasteiger partial charge in [-0.1, -0.05) is 36.7 Å². The van der Waals surface area contributed by atoms with Gasteiger partial charge in [-0.15, -0.1) is 0 Å². The summed E-state index contributed by atoms with van der Waals surface area (Å²) in [4.78, 5) is 2.62. The highest BCUT2D eigenvalue weighted by molar-refractivity contribution is 6.31. The smallest absolute Gasteiger partial charge is 0.0453 e. The van der Waals surface area contributed by atoms with Crippen molar-refractivity contribution < 1.29 is 0 Å². The zero-order chi connectivity index (χ0) is 13.8. The molecule has 19 heavy (non-hydrogen) atoms. The molecule has 3 heteroatoms. The number of hydrogen-bond acceptors (Lipinski definition) is 2. The summed E-state index contributed by atoms with van der Waals surface area (Å²) in [5.41, 5.74) is 7.37. The van der Waals surface area contributed by atoms with Crippen LogP contribution in [-0.2, 0) is 0 Å². The first-order chi connectivity index (χ1) is 9.13. The maximum Gasteiger partial charge on any atom is 0.0453 e. The topological polar surface area (TPSA) is 29.3 Å². The zero-order valence-electron chi connectivity index (χ0n) is 12.0. The van der Waals surface area contributed by atoms with Crippen molar-refractivity contribution in [1.82, 2.24) is 4.90 Å². The molecule has 1 aromatic rings. The quantitative estimate of drug-likeness (QED) is 0.883. The third-order valence-electron chi connectivity index (χ3n) is 4.43. The van der Waals surface area contributed by atoms with Gasteiger partial charge in [0, 0.05) is 29.7 Å². The largest absolute Gasteiger partial charge is 0.324 e. The van der Waals surface area contributed by atoms with Crippen molar-refractivity contribution in [3.8, 4) is 0 Å². The Bertz CT molecular complexity index is 407. The maximum absolute atomic E-state index is 6.30. The maximum atomic E-state index is 6.30. The van der Waals surface area contributed by atoms with E-state index in [1.165, 1.54) is 19.3 Å². The molecule has 0 bridgehead atoms. The van der Waals surface area contributed by atoms with Gasteiger partial charge < -0.3 is 5.73 Å². The van der Waals surface area contributed by atoms with Gasteiger partial charge in [-0.2, -0.15) is 0 Å². The molecule has 0 aromatic heterocycles. The minimum Gasteiger partial charge on any atom is -0.324 e. The molecule has 0 saturated carbocycles. The molecule has 0 radical (unpaired) electrons. The van der Waals surface area contributed by atoms with E-state index in [1.54, 1.807) is 0 Å². The summed E-state index contributed by atoms with van der Waals surface area (Å²) < 4.78 is 0. The number of halogens is 1. The van der Waals surface area contributed by atoms with Gasteiger partial charge in [0.1, 0.15) is 0 Å². The summed E-state index contributed by atoms with van der Waals surface area (Å²) >= 11 is 6.21. The summed E-state index contributed by atoms with van der Waals surface area (Å²) in [5, 5.41) is 0.788. The first-order valence-electron chi connectivity index (χ1n) is 7.39. The van der Waals surface area contributed by atoms with Crippen LogP contribution in [-0.4, -0.2) is 23.5 Å². The van der Waals surface area contributed by atoms with Crippen molar-refractivity contribution in [2.75, 3.05) is 6.54 Å². The molecule has 1 aromatic carbocycles. The van der Waals surface area contributed by atoms with Crippen molar-refractivity contribution in [2.24, 2.45) is 5.73 Å². The minimum atomic E-state index is 0.0407. The normalized spacial score (nSPS) is 25.7. The minimum absolute atomic E-state index is 0.0407. The molecule has 1 heterocycles. The molecule has 0 spiro atoms. The number of nitrogens with zero attached hydrogens (tertiary/aromatic N) is 1. The number of nitrogens with two attached hydrogens (primary N) is 1. The summed E-state index contributed by atoms with van der Waals surface area (Å²) in [6, 6.07) is 9.40. The lowest BCUT2D eigenvalue weighted by Crippen LogP contribution is -2.36. The van der Waals surface area contributed by atoms with E-state index >= 15 is 0 Å². The Labute approximate surface area is 121 Å². The van der Waals surface area contributed by atoms with Crippen LogP contribution >= 0.6 is 11.6 Å². The predicted molar refractivity (Wildman–Crippen MR) is 82.5 cm³/mol. The number of likely N-dealkylation sites (tertiary alicyclic amines) is 1. The molecule has 2 rings (SSSR count). The second-order valence-electron chi connectivity index (χ2n) is 5.64. The van der Waals surface area contributed by atoms with E-state index in [2.05, 4.69) is 18.7 Å². The Kier molecular flexibility index (Phi) is 5.26. The number of benzene rings is 1. The Balaban J connectivity index is 1.93. The van der Waals surface area contributed by atoms with Gasteiger partial charge in [0.05, 0.1) is 0 Å². The second-order valence-corrected chi connectivity index (χ2v) is 6.05. The average Bonchev–Trinajstić information content (AvgIpc) is 2.77. The van der Waals surface area contributed by atoms with Crippen LogP contribution in [0.2, 0.25) is 5.02 Å². The van der Waals surface area contributed by atoms with Gasteiger partial charge in [0.25, 0.3) is 0 Å². The fourth-order valence-corrected chi connectivity index (χ4v) is 3.46. The monoisotopic (exact) mass is 280 g/mol. The Hall–Kier alpha value is -0.570. The highest BCUT2D eigenvalue weighted by Crippen LogP contribution is 2.28. The van der Waals surface area contributed by atoms with Crippen molar-refractivity contribution in [1.29, 1.82) is 0 Å². The van der Waals surface area contributed by atoms with E-state index < -0.39 is 0 Å². The van der Waals surface area contributed by atoms with Crippen molar-refractivity contribution >= 4 is 11.6 Å². The summed E-state index contributed by atoms with van der Waals surface area (Å²) in [6.45, 7) is 5.69. The molecule has 2 nitrogen and oxygen atoms in total. The van der Waals surface area contributed by atoms with Crippen LogP contribution in [0.5, 0.6) is 0 Å². The molecule has 2 N–H and O–H groups in total. The van der Waals surface area contributed by atoms with Crippen molar-refractivity contribution in [3.05, 3.63) is 34.9 Å². The summed E-state index contributed by atoms with van der Waals surface area (Å²) in [5.74, 6) is 0. The molecular formula is C16H25ClN2. The predicted octanol–water partition coefficient (Wildman–Crippen LogP) is 3.99. The highest BCUT2D eigenvalue weighted by Gasteiger charge is 2.29. The van der Waals surface area contributed by atoms with Crippen LogP contribution in [0.15, 0.2) is 24.3 Å². The van der Waals surface area contributed by atoms with E-state index in [-0.39, 0.29) is 6.04 Å². The lowest BCUT2D eigenvalue weighted by Gasteiger charge is -2.29. The molecule has 0 amide bonds. The molecule has 0 aliphatic carbocycles. The first-order valence-corrected chi connectivity index (χ1v) is 7.77. The van der Waals surface area contributed by atoms with Crippen LogP contribution < -0.4 is 5.73 Å². The van der Waals surface area contributed by atoms with Gasteiger partial charge in [-0.25, -0.2) is 0 Å². The average molecular weight is 281 g/mol. The molecule has 1 saturated heterocycles. The van der Waals surface area contributed by atoms with Crippen LogP contribution in [0.3, 0.4) is 0 Å². The van der Waals surface area contributed by atoms with Crippen LogP contribution in [0.4, 0.5) is 0 Å². The molecule has 3 unspecified atom stereocenters. The fourth-order valence-electron chi connectivity index (χ4n) is 3.19. The van der Waals surface area contributed by atoms with Crippen LogP contribution in [0.25, 0.3) is 0 Å². The molecule has 1 fully saturated rings. The standard InChI is InChI=1S/C16H25ClN2/c1-3-13-9-8-12(2)19(13)11-10-16(18)14-6-4-5-7-15(14)17/h4-7,12-13,16H,3,8-11,18H2,1-2H3. The van der Waals surface area contributed by atoms with E-state index in [4.69, 9.17) is 17.3 Å². The van der Waals surface area contributed by atoms with E-state index in [9.17, 15) is 0 Å². The lowest BCUT2D eigenvalue weighted by molar-refractivity contribution is 0.191.